The van der Waals surface area contributed by atoms with Gasteiger partial charge in [0.25, 0.3) is 0 Å². The number of esters is 2. The number of aliphatic hydroxyl groups excluding tert-OH is 6. The van der Waals surface area contributed by atoms with Crippen molar-refractivity contribution in [2.45, 2.75) is 49.1 Å². The summed E-state index contributed by atoms with van der Waals surface area (Å²) in [6.45, 7) is -1.21. The fourth-order valence-electron chi connectivity index (χ4n) is 3.59. The van der Waals surface area contributed by atoms with E-state index in [0.717, 1.165) is 12.7 Å². The number of hydrogen-bond acceptors (Lipinski definition) is 12. The topological polar surface area (TPSA) is 192 Å². The van der Waals surface area contributed by atoms with Crippen molar-refractivity contribution in [3.05, 3.63) is 53.6 Å². The molecule has 2 saturated heterocycles. The summed E-state index contributed by atoms with van der Waals surface area (Å²) in [5.74, 6) is -2.19. The second kappa shape index (κ2) is 15.5. The molecule has 0 bridgehead atoms. The van der Waals surface area contributed by atoms with Crippen molar-refractivity contribution in [1.29, 1.82) is 0 Å². The molecule has 0 radical (unpaired) electrons. The lowest BCUT2D eigenvalue weighted by Gasteiger charge is -2.21. The third-order valence-electron chi connectivity index (χ3n) is 5.57. The molecule has 2 heterocycles. The van der Waals surface area contributed by atoms with Crippen LogP contribution in [0.25, 0.3) is 6.08 Å². The second-order valence-electron chi connectivity index (χ2n) is 8.30. The van der Waals surface area contributed by atoms with Crippen LogP contribution >= 0.6 is 0 Å². The van der Waals surface area contributed by atoms with Crippen LogP contribution in [0.3, 0.4) is 0 Å². The van der Waals surface area contributed by atoms with E-state index in [0.29, 0.717) is 0 Å². The van der Waals surface area contributed by atoms with Gasteiger partial charge in [-0.2, -0.15) is 0 Å². The first-order chi connectivity index (χ1) is 17.8. The SMILES string of the molecule is CO.O=C(OCC(O)C1CC(O)CO1)/C(=C\C=C\c1ccccc1)C(=O)OCC(O)C1OCC(O)C1O. The quantitative estimate of drug-likeness (QED) is 0.0668. The Hall–Kier alpha value is -2.68. The molecule has 0 aliphatic carbocycles. The van der Waals surface area contributed by atoms with E-state index < -0.39 is 73.5 Å². The maximum absolute atomic E-state index is 12.6. The molecule has 2 fully saturated rings. The number of hydrogen-bond donors (Lipinski definition) is 6. The van der Waals surface area contributed by atoms with Crippen molar-refractivity contribution in [3.63, 3.8) is 0 Å². The highest BCUT2D eigenvalue weighted by Gasteiger charge is 2.40. The molecule has 1 aromatic carbocycles. The standard InChI is InChI=1S/C24H30O11.CH4O/c25-15-9-20(32-10-15)17(26)11-34-23(30)16(8-4-7-14-5-2-1-3-6-14)24(31)35-13-19(28)22-21(29)18(27)12-33-22;1-2/h1-8,15,17-22,25-29H,9-13H2;2H,1H3/b7-4+,16-8+;. The normalized spacial score (nSPS) is 27.3. The van der Waals surface area contributed by atoms with Gasteiger partial charge in [0.2, 0.25) is 0 Å². The molecule has 7 atom stereocenters. The number of aliphatic hydroxyl groups is 6. The summed E-state index contributed by atoms with van der Waals surface area (Å²) >= 11 is 0. The van der Waals surface area contributed by atoms with E-state index in [1.54, 1.807) is 6.08 Å². The number of carbonyl (C=O) groups excluding carboxylic acids is 2. The smallest absolute Gasteiger partial charge is 0.345 e. The molecule has 0 spiro atoms. The van der Waals surface area contributed by atoms with Crippen molar-refractivity contribution in [2.24, 2.45) is 0 Å². The van der Waals surface area contributed by atoms with Crippen LogP contribution in [0.2, 0.25) is 0 Å². The molecule has 37 heavy (non-hydrogen) atoms. The molecule has 6 N–H and O–H groups in total. The van der Waals surface area contributed by atoms with Gasteiger partial charge in [-0.1, -0.05) is 42.5 Å². The number of benzene rings is 1. The Bertz CT molecular complexity index is 902. The van der Waals surface area contributed by atoms with Crippen molar-refractivity contribution in [2.75, 3.05) is 33.5 Å². The lowest BCUT2D eigenvalue weighted by Crippen LogP contribution is -2.41. The molecular weight excluding hydrogens is 492 g/mol. The first kappa shape index (κ1) is 30.5. The summed E-state index contributed by atoms with van der Waals surface area (Å²) in [4.78, 5) is 25.2. The summed E-state index contributed by atoms with van der Waals surface area (Å²) in [6.07, 6.45) is -3.32. The van der Waals surface area contributed by atoms with E-state index in [9.17, 15) is 35.1 Å². The van der Waals surface area contributed by atoms with Gasteiger partial charge in [0.05, 0.1) is 25.4 Å². The zero-order valence-corrected chi connectivity index (χ0v) is 20.3. The van der Waals surface area contributed by atoms with Gasteiger partial charge in [0.1, 0.15) is 49.3 Å². The van der Waals surface area contributed by atoms with Gasteiger partial charge in [0, 0.05) is 13.5 Å². The molecule has 0 aromatic heterocycles. The van der Waals surface area contributed by atoms with Crippen LogP contribution in [0, 0.1) is 0 Å². The molecule has 3 rings (SSSR count). The number of ether oxygens (including phenoxy) is 4. The minimum absolute atomic E-state index is 0.0657. The van der Waals surface area contributed by atoms with E-state index in [1.165, 1.54) is 12.2 Å². The average molecular weight is 527 g/mol. The highest BCUT2D eigenvalue weighted by Crippen LogP contribution is 2.19. The molecule has 1 aromatic rings. The molecule has 12 heteroatoms. The van der Waals surface area contributed by atoms with Crippen molar-refractivity contribution in [1.82, 2.24) is 0 Å². The molecule has 7 unspecified atom stereocenters. The third-order valence-corrected chi connectivity index (χ3v) is 5.57. The van der Waals surface area contributed by atoms with Gasteiger partial charge in [-0.05, 0) is 11.6 Å². The van der Waals surface area contributed by atoms with Crippen LogP contribution in [-0.2, 0) is 28.5 Å². The maximum Gasteiger partial charge on any atom is 0.345 e. The maximum atomic E-state index is 12.6. The van der Waals surface area contributed by atoms with Crippen molar-refractivity contribution in [3.8, 4) is 0 Å². The monoisotopic (exact) mass is 526 g/mol. The highest BCUT2D eigenvalue weighted by molar-refractivity contribution is 6.14. The molecule has 0 saturated carbocycles. The summed E-state index contributed by atoms with van der Waals surface area (Å²) in [7, 11) is 1.00. The van der Waals surface area contributed by atoms with E-state index in [1.807, 2.05) is 30.3 Å². The second-order valence-corrected chi connectivity index (χ2v) is 8.30. The predicted octanol–water partition coefficient (Wildman–Crippen LogP) is -1.69. The number of allylic oxidation sites excluding steroid dienone is 2. The largest absolute Gasteiger partial charge is 0.459 e. The Balaban J connectivity index is 0.00000235. The van der Waals surface area contributed by atoms with Gasteiger partial charge in [-0.3, -0.25) is 0 Å². The minimum Gasteiger partial charge on any atom is -0.459 e. The van der Waals surface area contributed by atoms with Crippen LogP contribution in [0.1, 0.15) is 12.0 Å². The fourth-order valence-corrected chi connectivity index (χ4v) is 3.59. The highest BCUT2D eigenvalue weighted by atomic mass is 16.6. The molecule has 12 nitrogen and oxygen atoms in total. The van der Waals surface area contributed by atoms with Crippen molar-refractivity contribution >= 4 is 18.0 Å². The first-order valence-electron chi connectivity index (χ1n) is 11.6. The van der Waals surface area contributed by atoms with E-state index in [4.69, 9.17) is 24.1 Å². The zero-order valence-electron chi connectivity index (χ0n) is 20.3. The Morgan fingerprint density at radius 1 is 0.973 bits per heavy atom. The Morgan fingerprint density at radius 2 is 1.59 bits per heavy atom. The molecule has 2 aliphatic heterocycles. The van der Waals surface area contributed by atoms with Crippen LogP contribution in [0.15, 0.2) is 48.1 Å². The minimum atomic E-state index is -1.45. The summed E-state index contributed by atoms with van der Waals surface area (Å²) < 4.78 is 20.4. The predicted molar refractivity (Wildman–Crippen MR) is 128 cm³/mol. The van der Waals surface area contributed by atoms with Crippen LogP contribution in [0.4, 0.5) is 0 Å². The Labute approximate surface area is 214 Å². The molecule has 2 aliphatic rings. The van der Waals surface area contributed by atoms with Crippen molar-refractivity contribution < 1.29 is 59.2 Å². The molecular formula is C25H34O12. The fraction of sp³-hybridized carbons (Fsp3) is 0.520. The summed E-state index contributed by atoms with van der Waals surface area (Å²) in [6, 6.07) is 9.08. The average Bonchev–Trinajstić information content (AvgIpc) is 3.50. The van der Waals surface area contributed by atoms with Crippen LogP contribution in [-0.4, -0.2) is 119 Å². The van der Waals surface area contributed by atoms with Gasteiger partial charge in [0.15, 0.2) is 0 Å². The van der Waals surface area contributed by atoms with Gasteiger partial charge in [-0.25, -0.2) is 9.59 Å². The molecule has 0 amide bonds. The summed E-state index contributed by atoms with van der Waals surface area (Å²) in [5.41, 5.74) is 0.301. The lowest BCUT2D eigenvalue weighted by molar-refractivity contribution is -0.153. The van der Waals surface area contributed by atoms with Crippen LogP contribution < -0.4 is 0 Å². The lowest BCUT2D eigenvalue weighted by atomic mass is 10.1. The van der Waals surface area contributed by atoms with Gasteiger partial charge >= 0.3 is 11.9 Å². The Morgan fingerprint density at radius 3 is 2.14 bits per heavy atom. The van der Waals surface area contributed by atoms with E-state index >= 15 is 0 Å². The van der Waals surface area contributed by atoms with Gasteiger partial charge in [-0.15, -0.1) is 0 Å². The molecule has 206 valence electrons. The van der Waals surface area contributed by atoms with E-state index in [-0.39, 0.29) is 19.6 Å². The number of rotatable bonds is 10. The number of carbonyl (C=O) groups is 2. The Kier molecular flexibility index (Phi) is 12.8. The third kappa shape index (κ3) is 9.29. The van der Waals surface area contributed by atoms with Gasteiger partial charge < -0.3 is 49.6 Å². The zero-order chi connectivity index (χ0) is 27.4. The van der Waals surface area contributed by atoms with Crippen LogP contribution in [0.5, 0.6) is 0 Å². The van der Waals surface area contributed by atoms with E-state index in [2.05, 4.69) is 0 Å². The first-order valence-corrected chi connectivity index (χ1v) is 11.6. The summed E-state index contributed by atoms with van der Waals surface area (Å²) in [5, 5.41) is 56.2.